The van der Waals surface area contributed by atoms with Crippen LogP contribution in [0.15, 0.2) is 41.3 Å². The molecule has 27 heavy (non-hydrogen) atoms. The molecule has 1 amide bonds. The summed E-state index contributed by atoms with van der Waals surface area (Å²) in [6, 6.07) is 10.1. The standard InChI is InChI=1S/C19H20N2O5S/c1-20(2)27(23,24)15-4-5-16-13(11-15)7-8-21(16)19(22)14-3-6-17-18(12-14)26-10-9-25-17/h3-6,11-12H,7-10H2,1-2H3. The molecule has 0 spiro atoms. The van der Waals surface area contributed by atoms with Gasteiger partial charge in [0.05, 0.1) is 4.90 Å². The van der Waals surface area contributed by atoms with Crippen molar-refractivity contribution in [2.45, 2.75) is 11.3 Å². The van der Waals surface area contributed by atoms with E-state index in [4.69, 9.17) is 9.47 Å². The maximum atomic E-state index is 13.0. The van der Waals surface area contributed by atoms with E-state index in [1.165, 1.54) is 18.4 Å². The number of fused-ring (bicyclic) bond motifs is 2. The number of rotatable bonds is 3. The second-order valence-electron chi connectivity index (χ2n) is 6.64. The summed E-state index contributed by atoms with van der Waals surface area (Å²) in [5.74, 6) is 1.06. The fraction of sp³-hybridized carbons (Fsp3) is 0.316. The lowest BCUT2D eigenvalue weighted by molar-refractivity contribution is 0.0988. The Balaban J connectivity index is 1.64. The highest BCUT2D eigenvalue weighted by Gasteiger charge is 2.28. The van der Waals surface area contributed by atoms with Crippen molar-refractivity contribution in [3.05, 3.63) is 47.5 Å². The molecule has 2 aliphatic rings. The molecule has 0 bridgehead atoms. The number of nitrogens with zero attached hydrogens (tertiary/aromatic N) is 2. The van der Waals surface area contributed by atoms with Crippen LogP contribution >= 0.6 is 0 Å². The van der Waals surface area contributed by atoms with Gasteiger partial charge in [-0.2, -0.15) is 0 Å². The molecule has 0 aliphatic carbocycles. The summed E-state index contributed by atoms with van der Waals surface area (Å²) in [4.78, 5) is 14.9. The summed E-state index contributed by atoms with van der Waals surface area (Å²) in [5.41, 5.74) is 2.11. The van der Waals surface area contributed by atoms with Gasteiger partial charge in [-0.3, -0.25) is 4.79 Å². The quantitative estimate of drug-likeness (QED) is 0.803. The largest absolute Gasteiger partial charge is 0.486 e. The van der Waals surface area contributed by atoms with Crippen molar-refractivity contribution in [1.82, 2.24) is 4.31 Å². The monoisotopic (exact) mass is 388 g/mol. The zero-order valence-electron chi connectivity index (χ0n) is 15.1. The van der Waals surface area contributed by atoms with Crippen LogP contribution in [0.5, 0.6) is 11.5 Å². The first-order chi connectivity index (χ1) is 12.9. The maximum Gasteiger partial charge on any atom is 0.258 e. The molecule has 0 fully saturated rings. The van der Waals surface area contributed by atoms with Crippen molar-refractivity contribution in [3.63, 3.8) is 0 Å². The first kappa shape index (κ1) is 17.8. The second kappa shape index (κ2) is 6.54. The van der Waals surface area contributed by atoms with Gasteiger partial charge in [-0.1, -0.05) is 0 Å². The normalized spacial score (nSPS) is 15.7. The highest BCUT2D eigenvalue weighted by molar-refractivity contribution is 7.89. The number of sulfonamides is 1. The molecule has 4 rings (SSSR count). The van der Waals surface area contributed by atoms with Gasteiger partial charge in [-0.25, -0.2) is 12.7 Å². The molecule has 2 aromatic rings. The minimum atomic E-state index is -3.50. The van der Waals surface area contributed by atoms with E-state index in [0.29, 0.717) is 43.2 Å². The van der Waals surface area contributed by atoms with E-state index in [-0.39, 0.29) is 10.8 Å². The molecule has 2 aliphatic heterocycles. The van der Waals surface area contributed by atoms with Crippen molar-refractivity contribution < 1.29 is 22.7 Å². The SMILES string of the molecule is CN(C)S(=O)(=O)c1ccc2c(c1)CCN2C(=O)c1ccc2c(c1)OCCO2. The van der Waals surface area contributed by atoms with Crippen molar-refractivity contribution in [1.29, 1.82) is 0 Å². The number of amides is 1. The highest BCUT2D eigenvalue weighted by Crippen LogP contribution is 2.34. The molecule has 142 valence electrons. The summed E-state index contributed by atoms with van der Waals surface area (Å²) in [6.45, 7) is 1.46. The molecular weight excluding hydrogens is 368 g/mol. The van der Waals surface area contributed by atoms with Crippen LogP contribution in [0.3, 0.4) is 0 Å². The number of ether oxygens (including phenoxy) is 2. The third-order valence-electron chi connectivity index (χ3n) is 4.76. The van der Waals surface area contributed by atoms with Crippen LogP contribution in [0.25, 0.3) is 0 Å². The predicted octanol–water partition coefficient (Wildman–Crippen LogP) is 1.91. The number of carbonyl (C=O) groups excluding carboxylic acids is 1. The fourth-order valence-corrected chi connectivity index (χ4v) is 4.25. The molecule has 0 aromatic heterocycles. The number of benzene rings is 2. The zero-order valence-corrected chi connectivity index (χ0v) is 16.0. The maximum absolute atomic E-state index is 13.0. The molecule has 0 saturated heterocycles. The Kier molecular flexibility index (Phi) is 4.32. The van der Waals surface area contributed by atoms with Crippen molar-refractivity contribution in [3.8, 4) is 11.5 Å². The summed E-state index contributed by atoms with van der Waals surface area (Å²) in [7, 11) is -0.499. The molecule has 7 nitrogen and oxygen atoms in total. The number of anilines is 1. The Bertz CT molecular complexity index is 1020. The molecule has 8 heteroatoms. The number of carbonyl (C=O) groups is 1. The zero-order chi connectivity index (χ0) is 19.2. The van der Waals surface area contributed by atoms with Gasteiger partial charge >= 0.3 is 0 Å². The molecule has 2 heterocycles. The van der Waals surface area contributed by atoms with Gasteiger partial charge in [0.1, 0.15) is 13.2 Å². The van der Waals surface area contributed by atoms with Gasteiger partial charge in [0.15, 0.2) is 11.5 Å². The van der Waals surface area contributed by atoms with E-state index in [1.807, 2.05) is 0 Å². The van der Waals surface area contributed by atoms with Gasteiger partial charge in [-0.05, 0) is 48.4 Å². The van der Waals surface area contributed by atoms with Crippen LogP contribution in [-0.2, 0) is 16.4 Å². The van der Waals surface area contributed by atoms with E-state index in [0.717, 1.165) is 11.3 Å². The van der Waals surface area contributed by atoms with Crippen LogP contribution in [0.4, 0.5) is 5.69 Å². The summed E-state index contributed by atoms with van der Waals surface area (Å²) in [6.07, 6.45) is 0.614. The van der Waals surface area contributed by atoms with E-state index in [9.17, 15) is 13.2 Å². The van der Waals surface area contributed by atoms with Crippen molar-refractivity contribution >= 4 is 21.6 Å². The average Bonchev–Trinajstić information content (AvgIpc) is 3.10. The van der Waals surface area contributed by atoms with Crippen LogP contribution in [0.2, 0.25) is 0 Å². The summed E-state index contributed by atoms with van der Waals surface area (Å²) >= 11 is 0. The fourth-order valence-electron chi connectivity index (χ4n) is 3.29. The van der Waals surface area contributed by atoms with E-state index >= 15 is 0 Å². The Hall–Kier alpha value is -2.58. The van der Waals surface area contributed by atoms with Gasteiger partial charge in [0.25, 0.3) is 5.91 Å². The van der Waals surface area contributed by atoms with Crippen LogP contribution in [0, 0.1) is 0 Å². The highest BCUT2D eigenvalue weighted by atomic mass is 32.2. The third-order valence-corrected chi connectivity index (χ3v) is 6.57. The second-order valence-corrected chi connectivity index (χ2v) is 8.80. The van der Waals surface area contributed by atoms with Crippen molar-refractivity contribution in [2.24, 2.45) is 0 Å². The number of hydrogen-bond donors (Lipinski definition) is 0. The molecule has 0 radical (unpaired) electrons. The summed E-state index contributed by atoms with van der Waals surface area (Å²) < 4.78 is 36.9. The Morgan fingerprint density at radius 1 is 1.04 bits per heavy atom. The van der Waals surface area contributed by atoms with Gasteiger partial charge in [-0.15, -0.1) is 0 Å². The summed E-state index contributed by atoms with van der Waals surface area (Å²) in [5, 5.41) is 0. The molecule has 2 aromatic carbocycles. The first-order valence-corrected chi connectivity index (χ1v) is 10.1. The molecule has 0 unspecified atom stereocenters. The Labute approximate surface area is 158 Å². The number of hydrogen-bond acceptors (Lipinski definition) is 5. The molecule has 0 N–H and O–H groups in total. The van der Waals surface area contributed by atoms with Crippen LogP contribution in [-0.4, -0.2) is 52.5 Å². The lowest BCUT2D eigenvalue weighted by atomic mass is 10.1. The molecule has 0 saturated carbocycles. The average molecular weight is 388 g/mol. The Morgan fingerprint density at radius 3 is 2.52 bits per heavy atom. The lowest BCUT2D eigenvalue weighted by Crippen LogP contribution is -2.29. The molecular formula is C19H20N2O5S. The Morgan fingerprint density at radius 2 is 1.78 bits per heavy atom. The third kappa shape index (κ3) is 3.04. The van der Waals surface area contributed by atoms with E-state index < -0.39 is 10.0 Å². The lowest BCUT2D eigenvalue weighted by Gasteiger charge is -2.21. The van der Waals surface area contributed by atoms with E-state index in [1.54, 1.807) is 41.3 Å². The minimum absolute atomic E-state index is 0.144. The van der Waals surface area contributed by atoms with E-state index in [2.05, 4.69) is 0 Å². The minimum Gasteiger partial charge on any atom is -0.486 e. The van der Waals surface area contributed by atoms with Gasteiger partial charge < -0.3 is 14.4 Å². The van der Waals surface area contributed by atoms with Crippen LogP contribution in [0.1, 0.15) is 15.9 Å². The van der Waals surface area contributed by atoms with Crippen molar-refractivity contribution in [2.75, 3.05) is 38.8 Å². The topological polar surface area (TPSA) is 76.2 Å². The van der Waals surface area contributed by atoms with Gasteiger partial charge in [0, 0.05) is 31.9 Å². The first-order valence-electron chi connectivity index (χ1n) is 8.65. The van der Waals surface area contributed by atoms with Crippen LogP contribution < -0.4 is 14.4 Å². The van der Waals surface area contributed by atoms with Gasteiger partial charge in [0.2, 0.25) is 10.0 Å². The smallest absolute Gasteiger partial charge is 0.258 e. The molecule has 0 atom stereocenters. The predicted molar refractivity (Wildman–Crippen MR) is 100 cm³/mol.